The molecule has 2 unspecified atom stereocenters. The van der Waals surface area contributed by atoms with Gasteiger partial charge in [0.05, 0.1) is 11.4 Å². The summed E-state index contributed by atoms with van der Waals surface area (Å²) in [4.78, 5) is 0. The molecule has 0 bridgehead atoms. The first-order valence-electron chi connectivity index (χ1n) is 5.82. The van der Waals surface area contributed by atoms with Crippen molar-refractivity contribution in [2.75, 3.05) is 6.26 Å². The lowest BCUT2D eigenvalue weighted by molar-refractivity contribution is 0.0476. The molecule has 1 aliphatic carbocycles. The molecule has 1 saturated carbocycles. The Balaban J connectivity index is 2.41. The van der Waals surface area contributed by atoms with Crippen molar-refractivity contribution >= 4 is 9.84 Å². The minimum Gasteiger partial charge on any atom is -0.384 e. The van der Waals surface area contributed by atoms with E-state index < -0.39 is 20.7 Å². The van der Waals surface area contributed by atoms with Gasteiger partial charge in [-0.3, -0.25) is 4.68 Å². The second kappa shape index (κ2) is 4.10. The third kappa shape index (κ3) is 2.11. The SMILES string of the molecule is CCn1cc(C2(O)CCCC2S(C)(=O)=O)cn1. The van der Waals surface area contributed by atoms with E-state index in [0.29, 0.717) is 24.9 Å². The number of hydrogen-bond donors (Lipinski definition) is 1. The number of sulfone groups is 1. The van der Waals surface area contributed by atoms with Crippen molar-refractivity contribution in [1.29, 1.82) is 0 Å². The van der Waals surface area contributed by atoms with Gasteiger partial charge in [0, 0.05) is 24.6 Å². The molecule has 0 radical (unpaired) electrons. The molecule has 0 amide bonds. The zero-order valence-corrected chi connectivity index (χ0v) is 10.9. The normalized spacial score (nSPS) is 29.7. The maximum absolute atomic E-state index is 11.7. The first-order valence-corrected chi connectivity index (χ1v) is 7.77. The van der Waals surface area contributed by atoms with Crippen LogP contribution in [-0.2, 0) is 22.0 Å². The highest BCUT2D eigenvalue weighted by Crippen LogP contribution is 2.42. The van der Waals surface area contributed by atoms with Crippen molar-refractivity contribution in [1.82, 2.24) is 9.78 Å². The van der Waals surface area contributed by atoms with E-state index in [2.05, 4.69) is 5.10 Å². The van der Waals surface area contributed by atoms with Crippen LogP contribution in [0.3, 0.4) is 0 Å². The summed E-state index contributed by atoms with van der Waals surface area (Å²) in [5.74, 6) is 0. The third-order valence-corrected chi connectivity index (χ3v) is 5.19. The topological polar surface area (TPSA) is 72.2 Å². The van der Waals surface area contributed by atoms with Crippen LogP contribution in [-0.4, -0.2) is 34.8 Å². The Hall–Kier alpha value is -0.880. The highest BCUT2D eigenvalue weighted by molar-refractivity contribution is 7.91. The largest absolute Gasteiger partial charge is 0.384 e. The summed E-state index contributed by atoms with van der Waals surface area (Å²) < 4.78 is 25.1. The molecule has 1 aromatic rings. The summed E-state index contributed by atoms with van der Waals surface area (Å²) in [7, 11) is -3.24. The minimum atomic E-state index is -3.24. The summed E-state index contributed by atoms with van der Waals surface area (Å²) in [6.45, 7) is 2.66. The summed E-state index contributed by atoms with van der Waals surface area (Å²) >= 11 is 0. The second-order valence-corrected chi connectivity index (χ2v) is 6.95. The minimum absolute atomic E-state index is 0.486. The Morgan fingerprint density at radius 1 is 1.65 bits per heavy atom. The zero-order chi connectivity index (χ0) is 12.7. The molecule has 1 aliphatic rings. The fourth-order valence-electron chi connectivity index (χ4n) is 2.62. The molecule has 2 rings (SSSR count). The van der Waals surface area contributed by atoms with Gasteiger partial charge in [0.2, 0.25) is 0 Å². The van der Waals surface area contributed by atoms with Gasteiger partial charge in [-0.2, -0.15) is 5.10 Å². The quantitative estimate of drug-likeness (QED) is 0.865. The summed E-state index contributed by atoms with van der Waals surface area (Å²) in [5, 5.41) is 14.0. The molecule has 6 heteroatoms. The van der Waals surface area contributed by atoms with E-state index in [1.54, 1.807) is 17.1 Å². The van der Waals surface area contributed by atoms with Gasteiger partial charge < -0.3 is 5.11 Å². The Morgan fingerprint density at radius 2 is 2.35 bits per heavy atom. The van der Waals surface area contributed by atoms with E-state index in [1.165, 1.54) is 6.26 Å². The standard InChI is InChI=1S/C11H18N2O3S/c1-3-13-8-9(7-12-13)11(14)6-4-5-10(11)17(2,15)16/h7-8,10,14H,3-6H2,1-2H3. The molecule has 5 nitrogen and oxygen atoms in total. The summed E-state index contributed by atoms with van der Waals surface area (Å²) in [6.07, 6.45) is 6.24. The lowest BCUT2D eigenvalue weighted by Crippen LogP contribution is -2.39. The van der Waals surface area contributed by atoms with E-state index in [0.717, 1.165) is 6.42 Å². The number of rotatable bonds is 3. The van der Waals surface area contributed by atoms with E-state index >= 15 is 0 Å². The van der Waals surface area contributed by atoms with E-state index in [4.69, 9.17) is 0 Å². The van der Waals surface area contributed by atoms with Crippen LogP contribution in [0.1, 0.15) is 31.7 Å². The van der Waals surface area contributed by atoms with Crippen LogP contribution in [0.5, 0.6) is 0 Å². The number of aryl methyl sites for hydroxylation is 1. The number of hydrogen-bond acceptors (Lipinski definition) is 4. The molecule has 1 heterocycles. The summed E-state index contributed by atoms with van der Waals surface area (Å²) in [5.41, 5.74) is -0.645. The number of aromatic nitrogens is 2. The van der Waals surface area contributed by atoms with Crippen LogP contribution in [0.25, 0.3) is 0 Å². The predicted octanol–water partition coefficient (Wildman–Crippen LogP) is 0.688. The molecule has 96 valence electrons. The highest BCUT2D eigenvalue weighted by atomic mass is 32.2. The van der Waals surface area contributed by atoms with Gasteiger partial charge in [0.25, 0.3) is 0 Å². The van der Waals surface area contributed by atoms with E-state index in [-0.39, 0.29) is 0 Å². The molecule has 17 heavy (non-hydrogen) atoms. The van der Waals surface area contributed by atoms with Gasteiger partial charge in [-0.15, -0.1) is 0 Å². The van der Waals surface area contributed by atoms with Gasteiger partial charge in [0.1, 0.15) is 5.60 Å². The van der Waals surface area contributed by atoms with Crippen molar-refractivity contribution in [2.24, 2.45) is 0 Å². The van der Waals surface area contributed by atoms with Crippen LogP contribution in [0.4, 0.5) is 0 Å². The van der Waals surface area contributed by atoms with Crippen molar-refractivity contribution in [3.8, 4) is 0 Å². The lowest BCUT2D eigenvalue weighted by Gasteiger charge is -2.27. The monoisotopic (exact) mass is 258 g/mol. The molecule has 0 aliphatic heterocycles. The molecule has 2 atom stereocenters. The van der Waals surface area contributed by atoms with Crippen molar-refractivity contribution < 1.29 is 13.5 Å². The van der Waals surface area contributed by atoms with E-state index in [1.807, 2.05) is 6.92 Å². The molecule has 0 saturated heterocycles. The van der Waals surface area contributed by atoms with Gasteiger partial charge in [-0.1, -0.05) is 0 Å². The Kier molecular flexibility index (Phi) is 3.03. The van der Waals surface area contributed by atoms with Crippen molar-refractivity contribution in [3.05, 3.63) is 18.0 Å². The Bertz CT molecular complexity index is 509. The van der Waals surface area contributed by atoms with Gasteiger partial charge in [0.15, 0.2) is 9.84 Å². The van der Waals surface area contributed by atoms with Crippen LogP contribution in [0.15, 0.2) is 12.4 Å². The maximum atomic E-state index is 11.7. The van der Waals surface area contributed by atoms with E-state index in [9.17, 15) is 13.5 Å². The molecule has 1 aromatic heterocycles. The fraction of sp³-hybridized carbons (Fsp3) is 0.727. The average Bonchev–Trinajstić information content (AvgIpc) is 2.82. The average molecular weight is 258 g/mol. The first-order chi connectivity index (χ1) is 7.88. The van der Waals surface area contributed by atoms with Crippen LogP contribution in [0, 0.1) is 0 Å². The highest BCUT2D eigenvalue weighted by Gasteiger charge is 2.48. The molecule has 0 aromatic carbocycles. The van der Waals surface area contributed by atoms with Crippen LogP contribution < -0.4 is 0 Å². The summed E-state index contributed by atoms with van der Waals surface area (Å²) in [6, 6.07) is 0. The molecule has 0 spiro atoms. The number of nitrogens with zero attached hydrogens (tertiary/aromatic N) is 2. The maximum Gasteiger partial charge on any atom is 0.153 e. The second-order valence-electron chi connectivity index (χ2n) is 4.72. The first kappa shape index (κ1) is 12.6. The van der Waals surface area contributed by atoms with Crippen LogP contribution >= 0.6 is 0 Å². The molecular formula is C11H18N2O3S. The van der Waals surface area contributed by atoms with Gasteiger partial charge in [-0.05, 0) is 26.2 Å². The van der Waals surface area contributed by atoms with Crippen molar-refractivity contribution in [2.45, 2.75) is 43.6 Å². The Morgan fingerprint density at radius 3 is 2.88 bits per heavy atom. The predicted molar refractivity (Wildman–Crippen MR) is 64.3 cm³/mol. The number of aliphatic hydroxyl groups is 1. The van der Waals surface area contributed by atoms with Crippen molar-refractivity contribution in [3.63, 3.8) is 0 Å². The molecule has 1 fully saturated rings. The van der Waals surface area contributed by atoms with Gasteiger partial charge >= 0.3 is 0 Å². The third-order valence-electron chi connectivity index (χ3n) is 3.53. The molecule has 1 N–H and O–H groups in total. The Labute approximate surface area is 101 Å². The lowest BCUT2D eigenvalue weighted by atomic mass is 9.95. The zero-order valence-electron chi connectivity index (χ0n) is 10.1. The fourth-order valence-corrected chi connectivity index (χ4v) is 4.17. The smallest absolute Gasteiger partial charge is 0.153 e. The van der Waals surface area contributed by atoms with Gasteiger partial charge in [-0.25, -0.2) is 8.42 Å². The van der Waals surface area contributed by atoms with Crippen LogP contribution in [0.2, 0.25) is 0 Å². The molecular weight excluding hydrogens is 240 g/mol.